The van der Waals surface area contributed by atoms with Gasteiger partial charge in [0.05, 0.1) is 18.5 Å². The van der Waals surface area contributed by atoms with Crippen molar-refractivity contribution in [3.63, 3.8) is 0 Å². The van der Waals surface area contributed by atoms with Gasteiger partial charge >= 0.3 is 5.97 Å². The molecule has 0 aliphatic carbocycles. The van der Waals surface area contributed by atoms with Crippen LogP contribution in [-0.2, 0) is 22.5 Å². The van der Waals surface area contributed by atoms with E-state index in [1.807, 2.05) is 6.07 Å². The molecule has 2 aromatic heterocycles. The van der Waals surface area contributed by atoms with Crippen molar-refractivity contribution >= 4 is 5.97 Å². The standard InChI is InChI=1S/C15H18FN3O2/c1-4-5-11-8-14(18-19(11)9-15(20)21-3)13-7-6-12(16)10(2)17-13/h6-8H,4-5,9H2,1-3H3. The van der Waals surface area contributed by atoms with E-state index >= 15 is 0 Å². The third-order valence-electron chi connectivity index (χ3n) is 3.16. The van der Waals surface area contributed by atoms with E-state index in [1.165, 1.54) is 13.2 Å². The highest BCUT2D eigenvalue weighted by Crippen LogP contribution is 2.19. The first-order valence-electron chi connectivity index (χ1n) is 6.82. The predicted octanol–water partition coefficient (Wildman–Crippen LogP) is 2.52. The molecule has 0 amide bonds. The number of ether oxygens (including phenoxy) is 1. The molecule has 0 bridgehead atoms. The fraction of sp³-hybridized carbons (Fsp3) is 0.400. The molecule has 0 radical (unpaired) electrons. The lowest BCUT2D eigenvalue weighted by molar-refractivity contribution is -0.141. The van der Waals surface area contributed by atoms with Crippen molar-refractivity contribution in [3.8, 4) is 11.4 Å². The van der Waals surface area contributed by atoms with Crippen molar-refractivity contribution in [1.29, 1.82) is 0 Å². The molecule has 0 atom stereocenters. The minimum Gasteiger partial charge on any atom is -0.468 e. The lowest BCUT2D eigenvalue weighted by Gasteiger charge is -2.04. The van der Waals surface area contributed by atoms with E-state index < -0.39 is 0 Å². The normalized spacial score (nSPS) is 10.7. The Hall–Kier alpha value is -2.24. The molecule has 2 aromatic rings. The number of aryl methyl sites for hydroxylation is 2. The topological polar surface area (TPSA) is 57.0 Å². The zero-order valence-corrected chi connectivity index (χ0v) is 12.4. The van der Waals surface area contributed by atoms with Crippen LogP contribution in [0.5, 0.6) is 0 Å². The van der Waals surface area contributed by atoms with Crippen molar-refractivity contribution in [2.24, 2.45) is 0 Å². The van der Waals surface area contributed by atoms with Gasteiger partial charge in [0.15, 0.2) is 0 Å². The van der Waals surface area contributed by atoms with Gasteiger partial charge in [-0.25, -0.2) is 9.37 Å². The van der Waals surface area contributed by atoms with Crippen molar-refractivity contribution in [3.05, 3.63) is 35.4 Å². The van der Waals surface area contributed by atoms with Crippen LogP contribution >= 0.6 is 0 Å². The zero-order valence-electron chi connectivity index (χ0n) is 12.4. The maximum Gasteiger partial charge on any atom is 0.327 e. The summed E-state index contributed by atoms with van der Waals surface area (Å²) in [7, 11) is 1.34. The van der Waals surface area contributed by atoms with Crippen molar-refractivity contribution < 1.29 is 13.9 Å². The fourth-order valence-electron chi connectivity index (χ4n) is 2.05. The quantitative estimate of drug-likeness (QED) is 0.794. The highest BCUT2D eigenvalue weighted by molar-refractivity contribution is 5.69. The summed E-state index contributed by atoms with van der Waals surface area (Å²) in [5.74, 6) is -0.702. The van der Waals surface area contributed by atoms with E-state index in [0.717, 1.165) is 18.5 Å². The van der Waals surface area contributed by atoms with Gasteiger partial charge in [-0.05, 0) is 31.5 Å². The molecule has 2 rings (SSSR count). The number of carbonyl (C=O) groups excluding carboxylic acids is 1. The molecule has 5 nitrogen and oxygen atoms in total. The summed E-state index contributed by atoms with van der Waals surface area (Å²) in [6, 6.07) is 4.84. The molecule has 0 saturated heterocycles. The number of aromatic nitrogens is 3. The Morgan fingerprint density at radius 2 is 2.14 bits per heavy atom. The second-order valence-electron chi connectivity index (χ2n) is 4.77. The lowest BCUT2D eigenvalue weighted by atomic mass is 10.2. The number of rotatable bonds is 5. The SMILES string of the molecule is CCCc1cc(-c2ccc(F)c(C)n2)nn1CC(=O)OC. The van der Waals surface area contributed by atoms with E-state index in [4.69, 9.17) is 0 Å². The maximum absolute atomic E-state index is 13.3. The Labute approximate surface area is 122 Å². The Morgan fingerprint density at radius 3 is 2.76 bits per heavy atom. The summed E-state index contributed by atoms with van der Waals surface area (Å²) in [6.07, 6.45) is 1.73. The monoisotopic (exact) mass is 291 g/mol. The molecule has 112 valence electrons. The summed E-state index contributed by atoms with van der Waals surface area (Å²) in [5, 5.41) is 4.39. The average Bonchev–Trinajstić information content (AvgIpc) is 2.85. The van der Waals surface area contributed by atoms with Crippen LogP contribution in [0.15, 0.2) is 18.2 Å². The smallest absolute Gasteiger partial charge is 0.327 e. The average molecular weight is 291 g/mol. The van der Waals surface area contributed by atoms with Crippen LogP contribution in [0.2, 0.25) is 0 Å². The first-order valence-corrected chi connectivity index (χ1v) is 6.82. The molecule has 0 spiro atoms. The molecular formula is C15H18FN3O2. The summed E-state index contributed by atoms with van der Waals surface area (Å²) < 4.78 is 19.6. The second-order valence-corrected chi connectivity index (χ2v) is 4.77. The van der Waals surface area contributed by atoms with Gasteiger partial charge < -0.3 is 4.74 Å². The summed E-state index contributed by atoms with van der Waals surface area (Å²) in [6.45, 7) is 3.72. The van der Waals surface area contributed by atoms with E-state index in [-0.39, 0.29) is 18.3 Å². The van der Waals surface area contributed by atoms with Gasteiger partial charge in [-0.2, -0.15) is 5.10 Å². The van der Waals surface area contributed by atoms with E-state index in [0.29, 0.717) is 17.1 Å². The molecule has 0 aromatic carbocycles. The molecule has 21 heavy (non-hydrogen) atoms. The number of halogens is 1. The zero-order chi connectivity index (χ0) is 15.4. The molecule has 0 N–H and O–H groups in total. The summed E-state index contributed by atoms with van der Waals surface area (Å²) >= 11 is 0. The van der Waals surface area contributed by atoms with Gasteiger partial charge in [-0.1, -0.05) is 13.3 Å². The largest absolute Gasteiger partial charge is 0.468 e. The Balaban J connectivity index is 2.37. The Bertz CT molecular complexity index is 652. The molecule has 2 heterocycles. The van der Waals surface area contributed by atoms with Crippen molar-refractivity contribution in [2.75, 3.05) is 7.11 Å². The van der Waals surface area contributed by atoms with E-state index in [1.54, 1.807) is 17.7 Å². The molecule has 0 fully saturated rings. The minimum atomic E-state index is -0.356. The van der Waals surface area contributed by atoms with Crippen LogP contribution in [0.1, 0.15) is 24.7 Å². The maximum atomic E-state index is 13.3. The van der Waals surface area contributed by atoms with Gasteiger partial charge in [0.2, 0.25) is 0 Å². The first-order chi connectivity index (χ1) is 10.0. The highest BCUT2D eigenvalue weighted by Gasteiger charge is 2.13. The van der Waals surface area contributed by atoms with Gasteiger partial charge in [0.1, 0.15) is 18.1 Å². The number of carbonyl (C=O) groups is 1. The van der Waals surface area contributed by atoms with Crippen LogP contribution in [0.4, 0.5) is 4.39 Å². The van der Waals surface area contributed by atoms with Gasteiger partial charge in [-0.15, -0.1) is 0 Å². The molecule has 0 unspecified atom stereocenters. The first kappa shape index (κ1) is 15.2. The lowest BCUT2D eigenvalue weighted by Crippen LogP contribution is -2.15. The van der Waals surface area contributed by atoms with Crippen molar-refractivity contribution in [1.82, 2.24) is 14.8 Å². The molecular weight excluding hydrogens is 273 g/mol. The number of esters is 1. The van der Waals surface area contributed by atoms with Gasteiger partial charge in [0.25, 0.3) is 0 Å². The predicted molar refractivity (Wildman–Crippen MR) is 76.2 cm³/mol. The Kier molecular flexibility index (Phi) is 4.67. The second kappa shape index (κ2) is 6.47. The minimum absolute atomic E-state index is 0.0615. The summed E-state index contributed by atoms with van der Waals surface area (Å²) in [4.78, 5) is 15.6. The summed E-state index contributed by atoms with van der Waals surface area (Å²) in [5.41, 5.74) is 2.48. The molecule has 0 saturated carbocycles. The third kappa shape index (κ3) is 3.45. The molecule has 6 heteroatoms. The Morgan fingerprint density at radius 1 is 1.38 bits per heavy atom. The van der Waals surface area contributed by atoms with E-state index in [9.17, 15) is 9.18 Å². The van der Waals surface area contributed by atoms with Crippen LogP contribution in [0, 0.1) is 12.7 Å². The number of pyridine rings is 1. The van der Waals surface area contributed by atoms with Crippen molar-refractivity contribution in [2.45, 2.75) is 33.2 Å². The van der Waals surface area contributed by atoms with Gasteiger partial charge in [-0.3, -0.25) is 9.48 Å². The van der Waals surface area contributed by atoms with Crippen LogP contribution in [0.3, 0.4) is 0 Å². The van der Waals surface area contributed by atoms with E-state index in [2.05, 4.69) is 21.7 Å². The van der Waals surface area contributed by atoms with Crippen LogP contribution in [0.25, 0.3) is 11.4 Å². The highest BCUT2D eigenvalue weighted by atomic mass is 19.1. The number of methoxy groups -OCH3 is 1. The van der Waals surface area contributed by atoms with Crippen LogP contribution in [-0.4, -0.2) is 27.8 Å². The van der Waals surface area contributed by atoms with Crippen LogP contribution < -0.4 is 0 Å². The third-order valence-corrected chi connectivity index (χ3v) is 3.16. The number of nitrogens with zero attached hydrogens (tertiary/aromatic N) is 3. The number of hydrogen-bond acceptors (Lipinski definition) is 4. The van der Waals surface area contributed by atoms with Gasteiger partial charge in [0, 0.05) is 5.69 Å². The number of hydrogen-bond donors (Lipinski definition) is 0. The molecule has 0 aliphatic heterocycles. The molecule has 0 aliphatic rings. The fourth-order valence-corrected chi connectivity index (χ4v) is 2.05.